The maximum Gasteiger partial charge on any atom is 0.256 e. The average molecular weight is 296 g/mol. The molecule has 1 amide bonds. The van der Waals surface area contributed by atoms with Crippen molar-refractivity contribution < 1.29 is 4.79 Å². The molecule has 1 saturated heterocycles. The van der Waals surface area contributed by atoms with Gasteiger partial charge in [-0.2, -0.15) is 0 Å². The summed E-state index contributed by atoms with van der Waals surface area (Å²) in [6.45, 7) is 5.82. The maximum absolute atomic E-state index is 12.2. The summed E-state index contributed by atoms with van der Waals surface area (Å²) in [5.41, 5.74) is 3.96. The highest BCUT2D eigenvalue weighted by atomic mass is 16.2. The quantitative estimate of drug-likeness (QED) is 0.945. The van der Waals surface area contributed by atoms with Crippen molar-refractivity contribution in [3.05, 3.63) is 47.3 Å². The summed E-state index contributed by atoms with van der Waals surface area (Å²) in [6.07, 6.45) is 5.35. The van der Waals surface area contributed by atoms with E-state index in [1.54, 1.807) is 12.4 Å². The average Bonchev–Trinajstić information content (AvgIpc) is 3.05. The Labute approximate surface area is 130 Å². The largest absolute Gasteiger partial charge is 0.339 e. The third kappa shape index (κ3) is 3.08. The summed E-state index contributed by atoms with van der Waals surface area (Å²) in [5, 5.41) is 3.16. The zero-order valence-corrected chi connectivity index (χ0v) is 13.0. The Morgan fingerprint density at radius 3 is 2.41 bits per heavy atom. The van der Waals surface area contributed by atoms with E-state index >= 15 is 0 Å². The fourth-order valence-corrected chi connectivity index (χ4v) is 2.55. The van der Waals surface area contributed by atoms with Crippen molar-refractivity contribution >= 4 is 17.5 Å². The molecule has 0 aliphatic carbocycles. The zero-order valence-electron chi connectivity index (χ0n) is 13.0. The molecule has 3 rings (SSSR count). The number of rotatable bonds is 3. The van der Waals surface area contributed by atoms with Gasteiger partial charge in [0.15, 0.2) is 0 Å². The summed E-state index contributed by atoms with van der Waals surface area (Å²) in [6, 6.07) is 6.11. The normalized spacial score (nSPS) is 14.2. The predicted octanol–water partition coefficient (Wildman–Crippen LogP) is 3.07. The molecule has 2 heterocycles. The summed E-state index contributed by atoms with van der Waals surface area (Å²) in [4.78, 5) is 22.6. The zero-order chi connectivity index (χ0) is 15.5. The van der Waals surface area contributed by atoms with Gasteiger partial charge in [0.25, 0.3) is 5.91 Å². The van der Waals surface area contributed by atoms with E-state index in [1.807, 2.05) is 11.0 Å². The summed E-state index contributed by atoms with van der Waals surface area (Å²) in [7, 11) is 0. The number of hydrogen-bond acceptors (Lipinski definition) is 4. The lowest BCUT2D eigenvalue weighted by molar-refractivity contribution is 0.0792. The van der Waals surface area contributed by atoms with Gasteiger partial charge in [-0.25, -0.2) is 9.97 Å². The number of amides is 1. The van der Waals surface area contributed by atoms with Crippen LogP contribution in [0.4, 0.5) is 11.6 Å². The summed E-state index contributed by atoms with van der Waals surface area (Å²) >= 11 is 0. The highest BCUT2D eigenvalue weighted by molar-refractivity contribution is 5.93. The fourth-order valence-electron chi connectivity index (χ4n) is 2.55. The van der Waals surface area contributed by atoms with Crippen LogP contribution in [0.15, 0.2) is 30.6 Å². The first-order valence-electron chi connectivity index (χ1n) is 7.59. The lowest BCUT2D eigenvalue weighted by Crippen LogP contribution is -2.27. The Kier molecular flexibility index (Phi) is 4.04. The van der Waals surface area contributed by atoms with Crippen molar-refractivity contribution in [1.29, 1.82) is 0 Å². The van der Waals surface area contributed by atoms with E-state index in [0.717, 1.165) is 31.6 Å². The third-order valence-corrected chi connectivity index (χ3v) is 4.06. The number of aromatic nitrogens is 2. The van der Waals surface area contributed by atoms with Gasteiger partial charge in [0, 0.05) is 31.2 Å². The van der Waals surface area contributed by atoms with Crippen molar-refractivity contribution in [3.8, 4) is 0 Å². The minimum atomic E-state index is 0.0234. The first-order valence-corrected chi connectivity index (χ1v) is 7.59. The molecular weight excluding hydrogens is 276 g/mol. The standard InChI is InChI=1S/C17H20N4O/c1-12-5-6-15(9-13(12)2)20-17-18-10-14(11-19-17)16(22)21-7-3-4-8-21/h5-6,9-11H,3-4,7-8H2,1-2H3,(H,18,19,20). The molecule has 0 unspecified atom stereocenters. The van der Waals surface area contributed by atoms with Gasteiger partial charge in [0.05, 0.1) is 5.56 Å². The lowest BCUT2D eigenvalue weighted by atomic mass is 10.1. The van der Waals surface area contributed by atoms with E-state index in [-0.39, 0.29) is 5.91 Å². The highest BCUT2D eigenvalue weighted by Crippen LogP contribution is 2.18. The summed E-state index contributed by atoms with van der Waals surface area (Å²) in [5.74, 6) is 0.524. The minimum absolute atomic E-state index is 0.0234. The number of carbonyl (C=O) groups excluding carboxylic acids is 1. The first-order chi connectivity index (χ1) is 10.6. The van der Waals surface area contributed by atoms with Crippen LogP contribution in [0.2, 0.25) is 0 Å². The van der Waals surface area contributed by atoms with Gasteiger partial charge in [0.2, 0.25) is 5.95 Å². The van der Waals surface area contributed by atoms with Crippen LogP contribution in [-0.2, 0) is 0 Å². The van der Waals surface area contributed by atoms with E-state index in [0.29, 0.717) is 11.5 Å². The SMILES string of the molecule is Cc1ccc(Nc2ncc(C(=O)N3CCCC3)cn2)cc1C. The third-order valence-electron chi connectivity index (χ3n) is 4.06. The molecule has 1 aliphatic heterocycles. The van der Waals surface area contributed by atoms with Crippen molar-refractivity contribution in [2.45, 2.75) is 26.7 Å². The van der Waals surface area contributed by atoms with Crippen LogP contribution >= 0.6 is 0 Å². The number of benzene rings is 1. The van der Waals surface area contributed by atoms with E-state index < -0.39 is 0 Å². The first kappa shape index (κ1) is 14.5. The van der Waals surface area contributed by atoms with E-state index in [4.69, 9.17) is 0 Å². The van der Waals surface area contributed by atoms with E-state index in [9.17, 15) is 4.79 Å². The topological polar surface area (TPSA) is 58.1 Å². The number of hydrogen-bond donors (Lipinski definition) is 1. The van der Waals surface area contributed by atoms with Gasteiger partial charge in [0.1, 0.15) is 0 Å². The van der Waals surface area contributed by atoms with Crippen LogP contribution in [0.25, 0.3) is 0 Å². The monoisotopic (exact) mass is 296 g/mol. The molecule has 2 aromatic rings. The van der Waals surface area contributed by atoms with Gasteiger partial charge < -0.3 is 10.2 Å². The smallest absolute Gasteiger partial charge is 0.256 e. The second-order valence-electron chi connectivity index (χ2n) is 5.72. The lowest BCUT2D eigenvalue weighted by Gasteiger charge is -2.14. The van der Waals surface area contributed by atoms with Crippen LogP contribution in [0.3, 0.4) is 0 Å². The second-order valence-corrected chi connectivity index (χ2v) is 5.72. The molecule has 22 heavy (non-hydrogen) atoms. The molecular formula is C17H20N4O. The number of nitrogens with one attached hydrogen (secondary N) is 1. The molecule has 0 spiro atoms. The van der Waals surface area contributed by atoms with E-state index in [2.05, 4.69) is 41.3 Å². The number of anilines is 2. The van der Waals surface area contributed by atoms with Crippen molar-refractivity contribution in [1.82, 2.24) is 14.9 Å². The van der Waals surface area contributed by atoms with Crippen LogP contribution in [0, 0.1) is 13.8 Å². The number of likely N-dealkylation sites (tertiary alicyclic amines) is 1. The molecule has 0 bridgehead atoms. The van der Waals surface area contributed by atoms with Gasteiger partial charge in [-0.15, -0.1) is 0 Å². The molecule has 5 heteroatoms. The molecule has 114 valence electrons. The predicted molar refractivity (Wildman–Crippen MR) is 86.4 cm³/mol. The highest BCUT2D eigenvalue weighted by Gasteiger charge is 2.19. The minimum Gasteiger partial charge on any atom is -0.339 e. The molecule has 0 saturated carbocycles. The Bertz CT molecular complexity index is 676. The summed E-state index contributed by atoms with van der Waals surface area (Å²) < 4.78 is 0. The molecule has 1 aromatic carbocycles. The molecule has 1 fully saturated rings. The molecule has 1 N–H and O–H groups in total. The molecule has 1 aliphatic rings. The molecule has 0 atom stereocenters. The Hall–Kier alpha value is -2.43. The van der Waals surface area contributed by atoms with E-state index in [1.165, 1.54) is 11.1 Å². The number of nitrogens with zero attached hydrogens (tertiary/aromatic N) is 3. The Balaban J connectivity index is 1.70. The molecule has 5 nitrogen and oxygen atoms in total. The Morgan fingerprint density at radius 2 is 1.77 bits per heavy atom. The fraction of sp³-hybridized carbons (Fsp3) is 0.353. The van der Waals surface area contributed by atoms with Crippen molar-refractivity contribution in [2.75, 3.05) is 18.4 Å². The van der Waals surface area contributed by atoms with Crippen LogP contribution in [-0.4, -0.2) is 33.9 Å². The van der Waals surface area contributed by atoms with Gasteiger partial charge in [-0.3, -0.25) is 4.79 Å². The molecule has 1 aromatic heterocycles. The molecule has 0 radical (unpaired) electrons. The van der Waals surface area contributed by atoms with Crippen LogP contribution < -0.4 is 5.32 Å². The van der Waals surface area contributed by atoms with Gasteiger partial charge in [-0.05, 0) is 49.9 Å². The van der Waals surface area contributed by atoms with Crippen molar-refractivity contribution in [2.24, 2.45) is 0 Å². The van der Waals surface area contributed by atoms with Gasteiger partial charge in [-0.1, -0.05) is 6.07 Å². The maximum atomic E-state index is 12.2. The van der Waals surface area contributed by atoms with Gasteiger partial charge >= 0.3 is 0 Å². The number of carbonyl (C=O) groups is 1. The second kappa shape index (κ2) is 6.13. The van der Waals surface area contributed by atoms with Crippen LogP contribution in [0.5, 0.6) is 0 Å². The number of aryl methyl sites for hydroxylation is 2. The van der Waals surface area contributed by atoms with Crippen molar-refractivity contribution in [3.63, 3.8) is 0 Å². The van der Waals surface area contributed by atoms with Crippen LogP contribution in [0.1, 0.15) is 34.3 Å². The Morgan fingerprint density at radius 1 is 1.09 bits per heavy atom.